The molecule has 4 N–H and O–H groups in total. The Kier molecular flexibility index (Phi) is 2.65. The molecule has 0 atom stereocenters. The molecule has 0 unspecified atom stereocenters. The smallest absolute Gasteiger partial charge is 0.181 e. The molecule has 74 valence electrons. The van der Waals surface area contributed by atoms with Gasteiger partial charge in [0.1, 0.15) is 0 Å². The SMILES string of the molecule is NCCCc1ccc2nc(N)sc2c1. The van der Waals surface area contributed by atoms with E-state index >= 15 is 0 Å². The van der Waals surface area contributed by atoms with Crippen LogP contribution in [0, 0.1) is 0 Å². The van der Waals surface area contributed by atoms with Gasteiger partial charge in [0.05, 0.1) is 10.2 Å². The first-order chi connectivity index (χ1) is 6.79. The predicted octanol–water partition coefficient (Wildman–Crippen LogP) is 1.77. The second kappa shape index (κ2) is 3.94. The highest BCUT2D eigenvalue weighted by Gasteiger charge is 2.01. The molecule has 0 aliphatic rings. The molecule has 1 aromatic carbocycles. The van der Waals surface area contributed by atoms with Crippen LogP contribution in [0.25, 0.3) is 10.2 Å². The van der Waals surface area contributed by atoms with Crippen LogP contribution in [0.15, 0.2) is 18.2 Å². The summed E-state index contributed by atoms with van der Waals surface area (Å²) in [5.74, 6) is 0. The molecule has 0 fully saturated rings. The minimum Gasteiger partial charge on any atom is -0.375 e. The van der Waals surface area contributed by atoms with Crippen molar-refractivity contribution in [2.45, 2.75) is 12.8 Å². The zero-order chi connectivity index (χ0) is 9.97. The predicted molar refractivity (Wildman–Crippen MR) is 61.4 cm³/mol. The lowest BCUT2D eigenvalue weighted by molar-refractivity contribution is 0.833. The zero-order valence-electron chi connectivity index (χ0n) is 7.86. The summed E-state index contributed by atoms with van der Waals surface area (Å²) in [6, 6.07) is 6.27. The topological polar surface area (TPSA) is 64.9 Å². The third kappa shape index (κ3) is 1.86. The minimum absolute atomic E-state index is 0.635. The van der Waals surface area contributed by atoms with E-state index < -0.39 is 0 Å². The van der Waals surface area contributed by atoms with Crippen LogP contribution in [0.2, 0.25) is 0 Å². The Hall–Kier alpha value is -1.13. The lowest BCUT2D eigenvalue weighted by atomic mass is 10.1. The lowest BCUT2D eigenvalue weighted by Crippen LogP contribution is -1.99. The first-order valence-electron chi connectivity index (χ1n) is 4.64. The summed E-state index contributed by atoms with van der Waals surface area (Å²) in [4.78, 5) is 4.21. The van der Waals surface area contributed by atoms with Gasteiger partial charge in [0.25, 0.3) is 0 Å². The van der Waals surface area contributed by atoms with Gasteiger partial charge < -0.3 is 11.5 Å². The number of benzene rings is 1. The molecule has 3 nitrogen and oxygen atoms in total. The molecule has 2 rings (SSSR count). The van der Waals surface area contributed by atoms with E-state index in [9.17, 15) is 0 Å². The van der Waals surface area contributed by atoms with Gasteiger partial charge in [-0.3, -0.25) is 0 Å². The number of anilines is 1. The number of hydrogen-bond donors (Lipinski definition) is 2. The summed E-state index contributed by atoms with van der Waals surface area (Å²) in [6.07, 6.45) is 2.06. The maximum atomic E-state index is 5.63. The molecule has 0 aliphatic carbocycles. The fraction of sp³-hybridized carbons (Fsp3) is 0.300. The van der Waals surface area contributed by atoms with Crippen molar-refractivity contribution in [3.05, 3.63) is 23.8 Å². The van der Waals surface area contributed by atoms with Crippen LogP contribution in [0.5, 0.6) is 0 Å². The number of hydrogen-bond acceptors (Lipinski definition) is 4. The standard InChI is InChI=1S/C10H13N3S/c11-5-1-2-7-3-4-8-9(6-7)14-10(12)13-8/h3-4,6H,1-2,5,11H2,(H2,12,13). The van der Waals surface area contributed by atoms with Crippen molar-refractivity contribution in [3.8, 4) is 0 Å². The van der Waals surface area contributed by atoms with Crippen molar-refractivity contribution in [2.75, 3.05) is 12.3 Å². The molecule has 14 heavy (non-hydrogen) atoms. The molecule has 2 aromatic rings. The van der Waals surface area contributed by atoms with Crippen LogP contribution in [0.4, 0.5) is 5.13 Å². The number of nitrogen functional groups attached to an aromatic ring is 1. The number of aromatic nitrogens is 1. The fourth-order valence-electron chi connectivity index (χ4n) is 1.45. The van der Waals surface area contributed by atoms with Crippen LogP contribution in [0.3, 0.4) is 0 Å². The average Bonchev–Trinajstić information content (AvgIpc) is 2.54. The number of rotatable bonds is 3. The largest absolute Gasteiger partial charge is 0.375 e. The van der Waals surface area contributed by atoms with E-state index in [1.54, 1.807) is 0 Å². The Morgan fingerprint density at radius 2 is 2.21 bits per heavy atom. The lowest BCUT2D eigenvalue weighted by Gasteiger charge is -1.98. The summed E-state index contributed by atoms with van der Waals surface area (Å²) in [5, 5.41) is 0.635. The molecule has 0 radical (unpaired) electrons. The van der Waals surface area contributed by atoms with Crippen LogP contribution >= 0.6 is 11.3 Å². The number of nitrogens with zero attached hydrogens (tertiary/aromatic N) is 1. The third-order valence-corrected chi connectivity index (χ3v) is 2.99. The molecule has 0 aliphatic heterocycles. The Morgan fingerprint density at radius 1 is 1.36 bits per heavy atom. The van der Waals surface area contributed by atoms with Crippen LogP contribution in [0.1, 0.15) is 12.0 Å². The second-order valence-electron chi connectivity index (χ2n) is 3.25. The van der Waals surface area contributed by atoms with Gasteiger partial charge in [0.2, 0.25) is 0 Å². The van der Waals surface area contributed by atoms with Gasteiger partial charge in [0.15, 0.2) is 5.13 Å². The van der Waals surface area contributed by atoms with Crippen molar-refractivity contribution >= 4 is 26.7 Å². The molecule has 0 saturated carbocycles. The Balaban J connectivity index is 2.31. The number of aryl methyl sites for hydroxylation is 1. The van der Waals surface area contributed by atoms with Crippen LogP contribution in [-0.2, 0) is 6.42 Å². The first-order valence-corrected chi connectivity index (χ1v) is 5.46. The number of fused-ring (bicyclic) bond motifs is 1. The highest BCUT2D eigenvalue weighted by Crippen LogP contribution is 2.24. The van der Waals surface area contributed by atoms with Gasteiger partial charge in [-0.2, -0.15) is 0 Å². The highest BCUT2D eigenvalue weighted by molar-refractivity contribution is 7.22. The minimum atomic E-state index is 0.635. The monoisotopic (exact) mass is 207 g/mol. The fourth-order valence-corrected chi connectivity index (χ4v) is 2.25. The molecule has 0 saturated heterocycles. The van der Waals surface area contributed by atoms with Gasteiger partial charge in [0, 0.05) is 0 Å². The number of nitrogens with two attached hydrogens (primary N) is 2. The quantitative estimate of drug-likeness (QED) is 0.806. The molecular weight excluding hydrogens is 194 g/mol. The second-order valence-corrected chi connectivity index (χ2v) is 4.31. The van der Waals surface area contributed by atoms with Gasteiger partial charge in [-0.1, -0.05) is 17.4 Å². The van der Waals surface area contributed by atoms with Gasteiger partial charge in [-0.15, -0.1) is 0 Å². The normalized spacial score (nSPS) is 10.9. The maximum Gasteiger partial charge on any atom is 0.181 e. The van der Waals surface area contributed by atoms with Crippen LogP contribution in [-0.4, -0.2) is 11.5 Å². The molecule has 0 spiro atoms. The maximum absolute atomic E-state index is 5.63. The number of thiazole rings is 1. The summed E-state index contributed by atoms with van der Waals surface area (Å²) in [6.45, 7) is 0.739. The van der Waals surface area contributed by atoms with Crippen molar-refractivity contribution < 1.29 is 0 Å². The molecule has 0 amide bonds. The first kappa shape index (κ1) is 9.43. The molecule has 1 heterocycles. The third-order valence-electron chi connectivity index (χ3n) is 2.14. The van der Waals surface area contributed by atoms with E-state index in [-0.39, 0.29) is 0 Å². The van der Waals surface area contributed by atoms with Crippen molar-refractivity contribution in [1.82, 2.24) is 4.98 Å². The van der Waals surface area contributed by atoms with E-state index in [2.05, 4.69) is 17.1 Å². The van der Waals surface area contributed by atoms with Gasteiger partial charge in [-0.25, -0.2) is 4.98 Å². The molecule has 4 heteroatoms. The Bertz CT molecular complexity index is 436. The van der Waals surface area contributed by atoms with E-state index in [0.29, 0.717) is 5.13 Å². The summed E-state index contributed by atoms with van der Waals surface area (Å²) in [5.41, 5.74) is 13.4. The van der Waals surface area contributed by atoms with Crippen molar-refractivity contribution in [2.24, 2.45) is 5.73 Å². The summed E-state index contributed by atoms with van der Waals surface area (Å²) in [7, 11) is 0. The Labute approximate surface area is 86.7 Å². The van der Waals surface area contributed by atoms with Gasteiger partial charge in [-0.05, 0) is 37.1 Å². The summed E-state index contributed by atoms with van der Waals surface area (Å²) < 4.78 is 1.16. The van der Waals surface area contributed by atoms with E-state index in [4.69, 9.17) is 11.5 Å². The van der Waals surface area contributed by atoms with E-state index in [1.165, 1.54) is 16.9 Å². The van der Waals surface area contributed by atoms with Crippen molar-refractivity contribution in [3.63, 3.8) is 0 Å². The average molecular weight is 207 g/mol. The molecule has 0 bridgehead atoms. The van der Waals surface area contributed by atoms with Crippen LogP contribution < -0.4 is 11.5 Å². The molecule has 1 aromatic heterocycles. The van der Waals surface area contributed by atoms with E-state index in [1.807, 2.05) is 6.07 Å². The van der Waals surface area contributed by atoms with Gasteiger partial charge >= 0.3 is 0 Å². The van der Waals surface area contributed by atoms with Crippen molar-refractivity contribution in [1.29, 1.82) is 0 Å². The highest BCUT2D eigenvalue weighted by atomic mass is 32.1. The molecular formula is C10H13N3S. The van der Waals surface area contributed by atoms with E-state index in [0.717, 1.165) is 29.6 Å². The Morgan fingerprint density at radius 3 is 3.00 bits per heavy atom. The zero-order valence-corrected chi connectivity index (χ0v) is 8.68. The summed E-state index contributed by atoms with van der Waals surface area (Å²) >= 11 is 1.54.